The summed E-state index contributed by atoms with van der Waals surface area (Å²) >= 11 is 0. The van der Waals surface area contributed by atoms with E-state index in [1.807, 2.05) is 27.7 Å². The molecule has 356 valence electrons. The fraction of sp³-hybridized carbons (Fsp3) is 1.00. The Morgan fingerprint density at radius 2 is 0.803 bits per heavy atom. The second-order valence-corrected chi connectivity index (χ2v) is 27.5. The van der Waals surface area contributed by atoms with Crippen LogP contribution in [0.5, 0.6) is 0 Å². The van der Waals surface area contributed by atoms with Crippen molar-refractivity contribution in [1.29, 1.82) is 0 Å². The molecule has 4 heteroatoms. The lowest BCUT2D eigenvalue weighted by molar-refractivity contribution is -0.148. The summed E-state index contributed by atoms with van der Waals surface area (Å²) in [5.41, 5.74) is 0.162. The summed E-state index contributed by atoms with van der Waals surface area (Å²) in [4.78, 5) is 0. The second kappa shape index (κ2) is 17.8. The Kier molecular flexibility index (Phi) is 14.7. The van der Waals surface area contributed by atoms with Crippen LogP contribution in [0.1, 0.15) is 245 Å². The lowest BCUT2D eigenvalue weighted by atomic mass is 9.43. The van der Waals surface area contributed by atoms with E-state index < -0.39 is 22.4 Å². The average Bonchev–Trinajstić information content (AvgIpc) is 3.68. The molecular weight excluding hydrogens is 749 g/mol. The van der Waals surface area contributed by atoms with Crippen LogP contribution >= 0.6 is 0 Å². The van der Waals surface area contributed by atoms with E-state index in [0.29, 0.717) is 21.7 Å². The minimum atomic E-state index is -0.515. The molecule has 0 saturated heterocycles. The number of rotatable bonds is 10. The van der Waals surface area contributed by atoms with Gasteiger partial charge in [0, 0.05) is 0 Å². The van der Waals surface area contributed by atoms with Gasteiger partial charge in [-0.25, -0.2) is 0 Å². The highest BCUT2D eigenvalue weighted by Crippen LogP contribution is 2.71. The molecule has 8 saturated carbocycles. The van der Waals surface area contributed by atoms with Crippen LogP contribution < -0.4 is 0 Å². The van der Waals surface area contributed by atoms with Gasteiger partial charge in [0.25, 0.3) is 0 Å². The van der Waals surface area contributed by atoms with Gasteiger partial charge in [0.2, 0.25) is 0 Å². The highest BCUT2D eigenvalue weighted by atomic mass is 16.3. The number of hydrogen-bond acceptors (Lipinski definition) is 4. The normalized spacial score (nSPS) is 49.0. The smallest absolute Gasteiger partial charge is 0.0622 e. The fourth-order valence-corrected chi connectivity index (χ4v) is 18.9. The van der Waals surface area contributed by atoms with Gasteiger partial charge in [0.1, 0.15) is 0 Å². The van der Waals surface area contributed by atoms with Crippen molar-refractivity contribution in [2.75, 3.05) is 0 Å². The Morgan fingerprint density at radius 3 is 1.15 bits per heavy atom. The molecule has 8 aliphatic carbocycles. The van der Waals surface area contributed by atoms with E-state index in [1.165, 1.54) is 103 Å². The summed E-state index contributed by atoms with van der Waals surface area (Å²) in [6.07, 6.45) is 30.3. The molecule has 0 radical (unpaired) electrons. The monoisotopic (exact) mass is 853 g/mol. The molecule has 0 aromatic carbocycles. The van der Waals surface area contributed by atoms with E-state index >= 15 is 0 Å². The molecule has 4 nitrogen and oxygen atoms in total. The van der Waals surface area contributed by atoms with Crippen LogP contribution in [0, 0.1) is 92.7 Å². The van der Waals surface area contributed by atoms with Crippen LogP contribution in [0.15, 0.2) is 0 Å². The van der Waals surface area contributed by atoms with E-state index in [4.69, 9.17) is 0 Å². The third-order valence-electron chi connectivity index (χ3n) is 22.3. The first-order chi connectivity index (χ1) is 27.7. The molecule has 18 atom stereocenters. The summed E-state index contributed by atoms with van der Waals surface area (Å²) in [6.45, 7) is 27.5. The van der Waals surface area contributed by atoms with Gasteiger partial charge >= 0.3 is 0 Å². The molecule has 0 aromatic heterocycles. The highest BCUT2D eigenvalue weighted by Gasteiger charge is 2.63. The summed E-state index contributed by atoms with van der Waals surface area (Å²) in [6, 6.07) is 0. The van der Waals surface area contributed by atoms with E-state index in [9.17, 15) is 20.4 Å². The Hall–Kier alpha value is -0.160. The fourth-order valence-electron chi connectivity index (χ4n) is 18.9. The first kappa shape index (κ1) is 50.3. The number of aliphatic hydroxyl groups is 4. The van der Waals surface area contributed by atoms with Gasteiger partial charge < -0.3 is 20.4 Å². The van der Waals surface area contributed by atoms with Gasteiger partial charge in [-0.2, -0.15) is 0 Å². The average molecular weight is 853 g/mol. The lowest BCUT2D eigenvalue weighted by Crippen LogP contribution is -2.55. The van der Waals surface area contributed by atoms with E-state index in [1.54, 1.807) is 0 Å². The van der Waals surface area contributed by atoms with Gasteiger partial charge in [-0.15, -0.1) is 0 Å². The lowest BCUT2D eigenvalue weighted by Gasteiger charge is -2.62. The van der Waals surface area contributed by atoms with Gasteiger partial charge in [-0.05, 0) is 263 Å². The molecule has 0 aliphatic heterocycles. The molecule has 0 spiro atoms. The van der Waals surface area contributed by atoms with Crippen molar-refractivity contribution in [3.8, 4) is 0 Å². The largest absolute Gasteiger partial charge is 0.390 e. The molecular formula is C57H104O4. The zero-order valence-electron chi connectivity index (χ0n) is 41.7. The molecule has 0 unspecified atom stereocenters. The van der Waals surface area contributed by atoms with E-state index in [-0.39, 0.29) is 7.43 Å². The maximum atomic E-state index is 10.7. The van der Waals surface area contributed by atoms with Crippen LogP contribution in [-0.2, 0) is 0 Å². The Bertz CT molecular complexity index is 1350. The third-order valence-corrected chi connectivity index (χ3v) is 22.3. The van der Waals surface area contributed by atoms with Crippen LogP contribution in [-0.4, -0.2) is 42.8 Å². The molecule has 0 bridgehead atoms. The van der Waals surface area contributed by atoms with Gasteiger partial charge in [0.15, 0.2) is 0 Å². The van der Waals surface area contributed by atoms with Crippen molar-refractivity contribution in [2.24, 2.45) is 92.7 Å². The Labute approximate surface area is 378 Å². The van der Waals surface area contributed by atoms with Gasteiger partial charge in [0.05, 0.1) is 22.4 Å². The van der Waals surface area contributed by atoms with E-state index in [2.05, 4.69) is 55.4 Å². The minimum absolute atomic E-state index is 0. The van der Waals surface area contributed by atoms with Gasteiger partial charge in [-0.1, -0.05) is 74.7 Å². The SMILES string of the molecule is C.C[C@H](CCCC(C)(C)O)[C@H]1CC[C@H]2[C@@H]3CC[C@@H]4C[C@@](C)(O)CC[C@]4(C)[C@H]3CC[C@]12C.C[C@H](CCCC(C)(C)O)[C@H]1CC[C@H]2[C@@H]3CC[C@H]4C[C@@](C)(O)CC[C@]4(C)[C@H]3CC[C@]12C. The molecule has 8 fully saturated rings. The van der Waals surface area contributed by atoms with Gasteiger partial charge in [-0.3, -0.25) is 0 Å². The Balaban J connectivity index is 0.000000201. The minimum Gasteiger partial charge on any atom is -0.390 e. The van der Waals surface area contributed by atoms with Crippen LogP contribution in [0.25, 0.3) is 0 Å². The first-order valence-corrected chi connectivity index (χ1v) is 26.6. The maximum Gasteiger partial charge on any atom is 0.0622 e. The van der Waals surface area contributed by atoms with Crippen molar-refractivity contribution < 1.29 is 20.4 Å². The zero-order chi connectivity index (χ0) is 43.9. The summed E-state index contributed by atoms with van der Waals surface area (Å²) in [5, 5.41) is 41.6. The van der Waals surface area contributed by atoms with Crippen molar-refractivity contribution >= 4 is 0 Å². The molecule has 0 aromatic rings. The predicted octanol–water partition coefficient (Wildman–Crippen LogP) is 14.6. The summed E-state index contributed by atoms with van der Waals surface area (Å²) in [7, 11) is 0. The first-order valence-electron chi connectivity index (χ1n) is 26.6. The maximum absolute atomic E-state index is 10.7. The highest BCUT2D eigenvalue weighted by molar-refractivity contribution is 5.12. The number of fused-ring (bicyclic) bond motifs is 10. The Morgan fingerprint density at radius 1 is 0.459 bits per heavy atom. The standard InChI is InChI=1S/2C28H50O2.CH4/c2*1-19(8-7-14-25(2,3)29)22-11-12-23-21-10-9-20-18-26(4,30)16-17-27(20,5)24(21)13-15-28(22,23)6;/h2*19-24,29-30H,7-18H2,1-6H3;1H4/t19-,20+,21+,22-,23+,24+,26+,27+,28-;19-,20-,21+,22-,23+,24+,26+,27+,28-;/m11./s1. The summed E-state index contributed by atoms with van der Waals surface area (Å²) < 4.78 is 0. The molecule has 8 aliphatic rings. The van der Waals surface area contributed by atoms with Crippen molar-refractivity contribution in [3.63, 3.8) is 0 Å². The second-order valence-electron chi connectivity index (χ2n) is 27.5. The third kappa shape index (κ3) is 9.95. The molecule has 8 rings (SSSR count). The molecule has 61 heavy (non-hydrogen) atoms. The van der Waals surface area contributed by atoms with Crippen molar-refractivity contribution in [1.82, 2.24) is 0 Å². The quantitative estimate of drug-likeness (QED) is 0.176. The zero-order valence-corrected chi connectivity index (χ0v) is 41.7. The van der Waals surface area contributed by atoms with Crippen molar-refractivity contribution in [3.05, 3.63) is 0 Å². The summed E-state index contributed by atoms with van der Waals surface area (Å²) in [5.74, 6) is 10.3. The molecule has 0 heterocycles. The molecule has 0 amide bonds. The van der Waals surface area contributed by atoms with Crippen LogP contribution in [0.3, 0.4) is 0 Å². The van der Waals surface area contributed by atoms with E-state index in [0.717, 1.165) is 122 Å². The van der Waals surface area contributed by atoms with Crippen molar-refractivity contribution in [2.45, 2.75) is 267 Å². The molecule has 4 N–H and O–H groups in total. The predicted molar refractivity (Wildman–Crippen MR) is 257 cm³/mol. The van der Waals surface area contributed by atoms with Crippen LogP contribution in [0.4, 0.5) is 0 Å². The number of hydrogen-bond donors (Lipinski definition) is 4. The van der Waals surface area contributed by atoms with Crippen LogP contribution in [0.2, 0.25) is 0 Å². The topological polar surface area (TPSA) is 80.9 Å².